The van der Waals surface area contributed by atoms with Crippen LogP contribution in [0.25, 0.3) is 0 Å². The third kappa shape index (κ3) is 1.32. The zero-order valence-corrected chi connectivity index (χ0v) is 13.9. The van der Waals surface area contributed by atoms with E-state index in [9.17, 15) is 9.90 Å². The van der Waals surface area contributed by atoms with E-state index < -0.39 is 0 Å². The summed E-state index contributed by atoms with van der Waals surface area (Å²) in [5, 5.41) is 10.6. The molecule has 0 aromatic heterocycles. The Morgan fingerprint density at radius 3 is 2.77 bits per heavy atom. The van der Waals surface area contributed by atoms with Crippen molar-refractivity contribution in [2.45, 2.75) is 71.3 Å². The van der Waals surface area contributed by atoms with Gasteiger partial charge in [-0.05, 0) is 85.0 Å². The molecule has 2 heteroatoms. The lowest BCUT2D eigenvalue weighted by Crippen LogP contribution is -2.53. The summed E-state index contributed by atoms with van der Waals surface area (Å²) >= 11 is 0. The number of fused-ring (bicyclic) bond motifs is 3. The van der Waals surface area contributed by atoms with Crippen molar-refractivity contribution in [2.75, 3.05) is 0 Å². The number of aliphatic hydroxyl groups is 1. The first kappa shape index (κ1) is 13.8. The van der Waals surface area contributed by atoms with Gasteiger partial charge >= 0.3 is 0 Å². The van der Waals surface area contributed by atoms with Crippen molar-refractivity contribution in [3.05, 3.63) is 11.6 Å². The minimum atomic E-state index is -0.0649. The molecular weight excluding hydrogens is 272 g/mol. The first-order valence-corrected chi connectivity index (χ1v) is 9.34. The van der Waals surface area contributed by atoms with Crippen molar-refractivity contribution in [3.8, 4) is 0 Å². The van der Waals surface area contributed by atoms with E-state index in [1.807, 2.05) is 6.08 Å². The van der Waals surface area contributed by atoms with Crippen LogP contribution in [0.5, 0.6) is 0 Å². The molecule has 1 spiro atoms. The topological polar surface area (TPSA) is 37.3 Å². The molecule has 4 fully saturated rings. The SMILES string of the molecule is C[C@]12CCC(=O)C=C1CC[C@@H]1[C@@H]2CC[C@]2(C)[C@H](O)C[C@H]3C[C@@]312. The molecule has 5 rings (SSSR count). The second-order valence-corrected chi connectivity index (χ2v) is 9.45. The quantitative estimate of drug-likeness (QED) is 0.737. The van der Waals surface area contributed by atoms with Gasteiger partial charge in [-0.3, -0.25) is 4.79 Å². The molecule has 0 saturated heterocycles. The fraction of sp³-hybridized carbons (Fsp3) is 0.850. The van der Waals surface area contributed by atoms with E-state index >= 15 is 0 Å². The summed E-state index contributed by atoms with van der Waals surface area (Å²) in [6.07, 6.45) is 11.0. The normalized spacial score (nSPS) is 59.0. The Morgan fingerprint density at radius 2 is 1.95 bits per heavy atom. The lowest BCUT2D eigenvalue weighted by molar-refractivity contribution is -0.120. The van der Waals surface area contributed by atoms with Crippen LogP contribution in [0, 0.1) is 34.0 Å². The van der Waals surface area contributed by atoms with Gasteiger partial charge in [0.2, 0.25) is 0 Å². The van der Waals surface area contributed by atoms with Crippen molar-refractivity contribution in [1.29, 1.82) is 0 Å². The number of aliphatic hydroxyl groups excluding tert-OH is 1. The molecule has 5 aliphatic carbocycles. The highest BCUT2D eigenvalue weighted by molar-refractivity contribution is 5.91. The molecule has 0 aliphatic heterocycles. The minimum absolute atomic E-state index is 0.0649. The Hall–Kier alpha value is -0.630. The molecule has 22 heavy (non-hydrogen) atoms. The smallest absolute Gasteiger partial charge is 0.155 e. The van der Waals surface area contributed by atoms with Crippen LogP contribution in [0.3, 0.4) is 0 Å². The Kier molecular flexibility index (Phi) is 2.43. The van der Waals surface area contributed by atoms with Crippen LogP contribution in [0.1, 0.15) is 65.2 Å². The van der Waals surface area contributed by atoms with E-state index in [0.717, 1.165) is 43.4 Å². The lowest BCUT2D eigenvalue weighted by Gasteiger charge is -2.59. The van der Waals surface area contributed by atoms with Crippen LogP contribution < -0.4 is 0 Å². The van der Waals surface area contributed by atoms with Gasteiger partial charge in [-0.2, -0.15) is 0 Å². The molecule has 0 aromatic carbocycles. The molecular formula is C20H28O2. The number of ketones is 1. The summed E-state index contributed by atoms with van der Waals surface area (Å²) < 4.78 is 0. The summed E-state index contributed by atoms with van der Waals surface area (Å²) in [5.74, 6) is 2.69. The Labute approximate surface area is 133 Å². The van der Waals surface area contributed by atoms with Crippen LogP contribution in [0.15, 0.2) is 11.6 Å². The maximum absolute atomic E-state index is 11.9. The molecule has 5 aliphatic rings. The molecule has 0 heterocycles. The predicted octanol–water partition coefficient (Wildman–Crippen LogP) is 3.88. The van der Waals surface area contributed by atoms with Gasteiger partial charge in [0.25, 0.3) is 0 Å². The minimum Gasteiger partial charge on any atom is -0.393 e. The average Bonchev–Trinajstić information content (AvgIpc) is 3.13. The molecule has 0 amide bonds. The highest BCUT2D eigenvalue weighted by Crippen LogP contribution is 2.82. The van der Waals surface area contributed by atoms with Crippen molar-refractivity contribution in [3.63, 3.8) is 0 Å². The van der Waals surface area contributed by atoms with Gasteiger partial charge in [0, 0.05) is 6.42 Å². The van der Waals surface area contributed by atoms with Crippen LogP contribution in [0.4, 0.5) is 0 Å². The largest absolute Gasteiger partial charge is 0.393 e. The van der Waals surface area contributed by atoms with Crippen molar-refractivity contribution >= 4 is 5.78 Å². The molecule has 0 bridgehead atoms. The van der Waals surface area contributed by atoms with E-state index in [0.29, 0.717) is 11.2 Å². The molecule has 120 valence electrons. The Bertz CT molecular complexity index is 593. The van der Waals surface area contributed by atoms with Crippen LogP contribution >= 0.6 is 0 Å². The third-order valence-electron chi connectivity index (χ3n) is 9.08. The summed E-state index contributed by atoms with van der Waals surface area (Å²) in [6, 6.07) is 0. The van der Waals surface area contributed by atoms with Gasteiger partial charge in [-0.1, -0.05) is 19.4 Å². The first-order chi connectivity index (χ1) is 10.4. The molecule has 0 unspecified atom stereocenters. The number of carbonyl (C=O) groups excluding carboxylic acids is 1. The molecule has 2 nitrogen and oxygen atoms in total. The zero-order chi connectivity index (χ0) is 15.3. The first-order valence-electron chi connectivity index (χ1n) is 9.34. The second kappa shape index (κ2) is 3.88. The number of hydrogen-bond donors (Lipinski definition) is 1. The fourth-order valence-electron chi connectivity index (χ4n) is 7.76. The van der Waals surface area contributed by atoms with E-state index in [4.69, 9.17) is 0 Å². The average molecular weight is 300 g/mol. The van der Waals surface area contributed by atoms with Gasteiger partial charge in [-0.25, -0.2) is 0 Å². The summed E-state index contributed by atoms with van der Waals surface area (Å²) in [4.78, 5) is 11.9. The van der Waals surface area contributed by atoms with Crippen molar-refractivity contribution in [1.82, 2.24) is 0 Å². The molecule has 0 radical (unpaired) electrons. The zero-order valence-electron chi connectivity index (χ0n) is 13.9. The fourth-order valence-corrected chi connectivity index (χ4v) is 7.76. The van der Waals surface area contributed by atoms with Crippen LogP contribution in [0.2, 0.25) is 0 Å². The van der Waals surface area contributed by atoms with E-state index in [-0.39, 0.29) is 16.9 Å². The van der Waals surface area contributed by atoms with E-state index in [2.05, 4.69) is 13.8 Å². The third-order valence-corrected chi connectivity index (χ3v) is 9.08. The Balaban J connectivity index is 1.57. The summed E-state index contributed by atoms with van der Waals surface area (Å²) in [5.41, 5.74) is 2.36. The van der Waals surface area contributed by atoms with Gasteiger partial charge in [0.15, 0.2) is 5.78 Å². The van der Waals surface area contributed by atoms with Crippen LogP contribution in [-0.2, 0) is 4.79 Å². The standard InChI is InChI=1S/C20H28O2/c1-18-7-5-14(21)9-12(18)3-4-16-15(18)6-8-19(2)17(22)10-13-11-20(13,16)19/h9,13,15-17,22H,3-8,10-11H2,1-2H3/t13-,15-,16+,17+,18-,19+,20+/m0/s1. The number of rotatable bonds is 0. The lowest BCUT2D eigenvalue weighted by atomic mass is 9.45. The number of hydrogen-bond acceptors (Lipinski definition) is 2. The summed E-state index contributed by atoms with van der Waals surface area (Å²) in [6.45, 7) is 4.84. The van der Waals surface area contributed by atoms with Gasteiger partial charge in [-0.15, -0.1) is 0 Å². The maximum atomic E-state index is 11.9. The van der Waals surface area contributed by atoms with Gasteiger partial charge < -0.3 is 5.11 Å². The number of carbonyl (C=O) groups is 1. The van der Waals surface area contributed by atoms with Crippen molar-refractivity contribution in [2.24, 2.45) is 34.0 Å². The highest BCUT2D eigenvalue weighted by atomic mass is 16.3. The molecule has 0 aromatic rings. The molecule has 1 N–H and O–H groups in total. The second-order valence-electron chi connectivity index (χ2n) is 9.45. The number of allylic oxidation sites excluding steroid dienone is 1. The van der Waals surface area contributed by atoms with E-state index in [1.165, 1.54) is 31.3 Å². The van der Waals surface area contributed by atoms with Gasteiger partial charge in [0.05, 0.1) is 6.10 Å². The maximum Gasteiger partial charge on any atom is 0.155 e. The highest BCUT2D eigenvalue weighted by Gasteiger charge is 2.77. The monoisotopic (exact) mass is 300 g/mol. The predicted molar refractivity (Wildman–Crippen MR) is 85.1 cm³/mol. The van der Waals surface area contributed by atoms with E-state index in [1.54, 1.807) is 0 Å². The molecule has 4 saturated carbocycles. The summed E-state index contributed by atoms with van der Waals surface area (Å²) in [7, 11) is 0. The van der Waals surface area contributed by atoms with Crippen molar-refractivity contribution < 1.29 is 9.90 Å². The van der Waals surface area contributed by atoms with Crippen LogP contribution in [-0.4, -0.2) is 17.0 Å². The molecule has 7 atom stereocenters. The Morgan fingerprint density at radius 1 is 1.14 bits per heavy atom. The van der Waals surface area contributed by atoms with Gasteiger partial charge in [0.1, 0.15) is 0 Å².